The van der Waals surface area contributed by atoms with Crippen LogP contribution in [0.1, 0.15) is 11.3 Å². The molecule has 1 aromatic carbocycles. The van der Waals surface area contributed by atoms with Gasteiger partial charge in [0.15, 0.2) is 0 Å². The topological polar surface area (TPSA) is 55.7 Å². The number of ether oxygens (including phenoxy) is 2. The second kappa shape index (κ2) is 6.19. The molecule has 0 aliphatic rings. The lowest BCUT2D eigenvalue weighted by molar-refractivity contribution is 0.394. The summed E-state index contributed by atoms with van der Waals surface area (Å²) in [5.74, 6) is 1.46. The Morgan fingerprint density at radius 3 is 2.42 bits per heavy atom. The number of aryl methyl sites for hydroxylation is 1. The molecule has 2 rings (SSSR count). The molecule has 0 amide bonds. The van der Waals surface area contributed by atoms with Crippen LogP contribution in [0.25, 0.3) is 0 Å². The Kier molecular flexibility index (Phi) is 4.35. The molecule has 0 saturated carbocycles. The number of hydrogen-bond donors (Lipinski definition) is 1. The van der Waals surface area contributed by atoms with Crippen molar-refractivity contribution in [2.45, 2.75) is 6.92 Å². The molecule has 19 heavy (non-hydrogen) atoms. The highest BCUT2D eigenvalue weighted by Gasteiger charge is 2.00. The lowest BCUT2D eigenvalue weighted by Crippen LogP contribution is -1.93. The van der Waals surface area contributed by atoms with E-state index in [1.165, 1.54) is 11.3 Å². The molecule has 0 atom stereocenters. The highest BCUT2D eigenvalue weighted by atomic mass is 32.1. The van der Waals surface area contributed by atoms with E-state index < -0.39 is 0 Å². The van der Waals surface area contributed by atoms with E-state index in [-0.39, 0.29) is 0 Å². The van der Waals surface area contributed by atoms with Gasteiger partial charge in [0, 0.05) is 17.0 Å². The molecule has 0 fully saturated rings. The van der Waals surface area contributed by atoms with Gasteiger partial charge in [-0.15, -0.1) is 11.3 Å². The van der Waals surface area contributed by atoms with E-state index in [4.69, 9.17) is 9.47 Å². The van der Waals surface area contributed by atoms with Crippen molar-refractivity contribution < 1.29 is 9.47 Å². The standard InChI is InChI=1S/C13H15N3O2S/c1-9-8-19-13(15-9)16-14-7-10-4-11(17-2)6-12(5-10)18-3/h4-8H,1-3H3,(H,15,16). The number of nitrogens with zero attached hydrogens (tertiary/aromatic N) is 2. The maximum atomic E-state index is 5.19. The number of anilines is 1. The lowest BCUT2D eigenvalue weighted by Gasteiger charge is -2.05. The Hall–Kier alpha value is -2.08. The highest BCUT2D eigenvalue weighted by Crippen LogP contribution is 2.21. The van der Waals surface area contributed by atoms with Crippen LogP contribution in [-0.4, -0.2) is 25.4 Å². The number of hydrazone groups is 1. The Labute approximate surface area is 115 Å². The molecule has 0 bridgehead atoms. The lowest BCUT2D eigenvalue weighted by atomic mass is 10.2. The first kappa shape index (κ1) is 13.4. The van der Waals surface area contributed by atoms with Gasteiger partial charge in [0.25, 0.3) is 0 Å². The van der Waals surface area contributed by atoms with Crippen LogP contribution in [-0.2, 0) is 0 Å². The third-order valence-corrected chi connectivity index (χ3v) is 3.23. The zero-order chi connectivity index (χ0) is 13.7. The van der Waals surface area contributed by atoms with Crippen LogP contribution in [0.15, 0.2) is 28.7 Å². The van der Waals surface area contributed by atoms with Crippen LogP contribution in [0, 0.1) is 6.92 Å². The third kappa shape index (κ3) is 3.69. The van der Waals surface area contributed by atoms with Crippen LogP contribution >= 0.6 is 11.3 Å². The number of benzene rings is 1. The summed E-state index contributed by atoms with van der Waals surface area (Å²) in [5.41, 5.74) is 4.75. The van der Waals surface area contributed by atoms with Crippen molar-refractivity contribution in [2.75, 3.05) is 19.6 Å². The largest absolute Gasteiger partial charge is 0.497 e. The fourth-order valence-electron chi connectivity index (χ4n) is 1.47. The van der Waals surface area contributed by atoms with Crippen molar-refractivity contribution in [1.29, 1.82) is 0 Å². The van der Waals surface area contributed by atoms with E-state index >= 15 is 0 Å². The highest BCUT2D eigenvalue weighted by molar-refractivity contribution is 7.13. The average molecular weight is 277 g/mol. The first-order valence-electron chi connectivity index (χ1n) is 5.65. The number of aromatic nitrogens is 1. The smallest absolute Gasteiger partial charge is 0.203 e. The second-order valence-electron chi connectivity index (χ2n) is 3.81. The first-order valence-corrected chi connectivity index (χ1v) is 6.53. The minimum atomic E-state index is 0.728. The van der Waals surface area contributed by atoms with Crippen LogP contribution < -0.4 is 14.9 Å². The van der Waals surface area contributed by atoms with Crippen LogP contribution in [0.5, 0.6) is 11.5 Å². The molecule has 0 radical (unpaired) electrons. The molecule has 0 saturated heterocycles. The summed E-state index contributed by atoms with van der Waals surface area (Å²) in [6.07, 6.45) is 1.70. The summed E-state index contributed by atoms with van der Waals surface area (Å²) < 4.78 is 10.4. The molecular weight excluding hydrogens is 262 g/mol. The van der Waals surface area contributed by atoms with Gasteiger partial charge in [-0.3, -0.25) is 5.43 Å². The fourth-order valence-corrected chi connectivity index (χ4v) is 2.11. The zero-order valence-electron chi connectivity index (χ0n) is 11.0. The van der Waals surface area contributed by atoms with Gasteiger partial charge in [-0.2, -0.15) is 5.10 Å². The predicted molar refractivity (Wildman–Crippen MR) is 77.6 cm³/mol. The summed E-state index contributed by atoms with van der Waals surface area (Å²) in [6, 6.07) is 5.57. The molecule has 1 aromatic heterocycles. The summed E-state index contributed by atoms with van der Waals surface area (Å²) in [5, 5.41) is 6.87. The van der Waals surface area contributed by atoms with Gasteiger partial charge >= 0.3 is 0 Å². The van der Waals surface area contributed by atoms with Crippen molar-refractivity contribution in [2.24, 2.45) is 5.10 Å². The molecule has 1 heterocycles. The van der Waals surface area contributed by atoms with E-state index in [1.807, 2.05) is 30.5 Å². The molecular formula is C13H15N3O2S. The third-order valence-electron chi connectivity index (χ3n) is 2.37. The second-order valence-corrected chi connectivity index (χ2v) is 4.67. The maximum Gasteiger partial charge on any atom is 0.203 e. The number of nitrogens with one attached hydrogen (secondary N) is 1. The van der Waals surface area contributed by atoms with Crippen molar-refractivity contribution in [1.82, 2.24) is 4.98 Å². The Balaban J connectivity index is 2.09. The summed E-state index contributed by atoms with van der Waals surface area (Å²) in [6.45, 7) is 1.94. The van der Waals surface area contributed by atoms with Gasteiger partial charge in [-0.25, -0.2) is 4.98 Å². The van der Waals surface area contributed by atoms with E-state index in [9.17, 15) is 0 Å². The summed E-state index contributed by atoms with van der Waals surface area (Å²) in [4.78, 5) is 4.25. The summed E-state index contributed by atoms with van der Waals surface area (Å²) in [7, 11) is 3.23. The van der Waals surface area contributed by atoms with Gasteiger partial charge in [-0.05, 0) is 19.1 Å². The molecule has 6 heteroatoms. The SMILES string of the molecule is COc1cc(C=NNc2nc(C)cs2)cc(OC)c1. The minimum absolute atomic E-state index is 0.728. The number of methoxy groups -OCH3 is 2. The monoisotopic (exact) mass is 277 g/mol. The Morgan fingerprint density at radius 2 is 1.89 bits per heavy atom. The molecule has 5 nitrogen and oxygen atoms in total. The first-order chi connectivity index (χ1) is 9.21. The quantitative estimate of drug-likeness (QED) is 0.674. The maximum absolute atomic E-state index is 5.19. The van der Waals surface area contributed by atoms with Gasteiger partial charge in [0.2, 0.25) is 5.13 Å². The van der Waals surface area contributed by atoms with Gasteiger partial charge < -0.3 is 9.47 Å². The van der Waals surface area contributed by atoms with E-state index in [0.29, 0.717) is 0 Å². The summed E-state index contributed by atoms with van der Waals surface area (Å²) >= 11 is 1.51. The minimum Gasteiger partial charge on any atom is -0.497 e. The molecule has 0 aliphatic carbocycles. The molecule has 0 spiro atoms. The molecule has 0 unspecified atom stereocenters. The molecule has 1 N–H and O–H groups in total. The number of hydrogen-bond acceptors (Lipinski definition) is 6. The van der Waals surface area contributed by atoms with Crippen molar-refractivity contribution in [3.8, 4) is 11.5 Å². The van der Waals surface area contributed by atoms with Crippen molar-refractivity contribution in [3.63, 3.8) is 0 Å². The molecule has 2 aromatic rings. The molecule has 0 aliphatic heterocycles. The van der Waals surface area contributed by atoms with Gasteiger partial charge in [0.1, 0.15) is 11.5 Å². The van der Waals surface area contributed by atoms with Gasteiger partial charge in [-0.1, -0.05) is 0 Å². The normalized spacial score (nSPS) is 10.7. The van der Waals surface area contributed by atoms with Crippen LogP contribution in [0.3, 0.4) is 0 Å². The number of thiazole rings is 1. The Morgan fingerprint density at radius 1 is 1.21 bits per heavy atom. The van der Waals surface area contributed by atoms with Crippen LogP contribution in [0.4, 0.5) is 5.13 Å². The predicted octanol–water partition coefficient (Wildman–Crippen LogP) is 2.91. The fraction of sp³-hybridized carbons (Fsp3) is 0.231. The van der Waals surface area contributed by atoms with Gasteiger partial charge in [0.05, 0.1) is 26.1 Å². The number of rotatable bonds is 5. The molecule has 100 valence electrons. The van der Waals surface area contributed by atoms with Crippen LogP contribution in [0.2, 0.25) is 0 Å². The van der Waals surface area contributed by atoms with Crippen molar-refractivity contribution in [3.05, 3.63) is 34.8 Å². The zero-order valence-corrected chi connectivity index (χ0v) is 11.8. The van der Waals surface area contributed by atoms with Crippen molar-refractivity contribution >= 4 is 22.7 Å². The van der Waals surface area contributed by atoms with E-state index in [0.717, 1.165) is 27.9 Å². The van der Waals surface area contributed by atoms with E-state index in [2.05, 4.69) is 15.5 Å². The Bertz CT molecular complexity index is 559. The van der Waals surface area contributed by atoms with E-state index in [1.54, 1.807) is 20.4 Å². The average Bonchev–Trinajstić information content (AvgIpc) is 2.84.